The number of hydrogen-bond donors (Lipinski definition) is 1. The van der Waals surface area contributed by atoms with Gasteiger partial charge in [0.2, 0.25) is 0 Å². The van der Waals surface area contributed by atoms with Gasteiger partial charge in [-0.05, 0) is 37.5 Å². The minimum Gasteiger partial charge on any atom is -0.493 e. The third-order valence-corrected chi connectivity index (χ3v) is 3.30. The Kier molecular flexibility index (Phi) is 3.35. The SMILES string of the molecule is C[C@@H](O)c1cccc(OCC2(CC#N)CC2)c1. The molecule has 0 unspecified atom stereocenters. The molecule has 1 N–H and O–H groups in total. The van der Waals surface area contributed by atoms with E-state index in [-0.39, 0.29) is 5.41 Å². The molecule has 0 amide bonds. The maximum Gasteiger partial charge on any atom is 0.119 e. The van der Waals surface area contributed by atoms with Gasteiger partial charge in [0.15, 0.2) is 0 Å². The Morgan fingerprint density at radius 2 is 2.29 bits per heavy atom. The smallest absolute Gasteiger partial charge is 0.119 e. The van der Waals surface area contributed by atoms with Crippen LogP contribution in [0.15, 0.2) is 24.3 Å². The van der Waals surface area contributed by atoms with Crippen molar-refractivity contribution in [3.8, 4) is 11.8 Å². The van der Waals surface area contributed by atoms with Gasteiger partial charge in [0.25, 0.3) is 0 Å². The van der Waals surface area contributed by atoms with Crippen LogP contribution in [0.2, 0.25) is 0 Å². The zero-order valence-electron chi connectivity index (χ0n) is 10.0. The molecular weight excluding hydrogens is 214 g/mol. The van der Waals surface area contributed by atoms with Gasteiger partial charge < -0.3 is 9.84 Å². The average molecular weight is 231 g/mol. The van der Waals surface area contributed by atoms with Crippen LogP contribution in [-0.2, 0) is 0 Å². The van der Waals surface area contributed by atoms with Crippen molar-refractivity contribution < 1.29 is 9.84 Å². The first-order valence-corrected chi connectivity index (χ1v) is 5.93. The van der Waals surface area contributed by atoms with Crippen LogP contribution in [-0.4, -0.2) is 11.7 Å². The lowest BCUT2D eigenvalue weighted by molar-refractivity contribution is 0.197. The number of benzene rings is 1. The summed E-state index contributed by atoms with van der Waals surface area (Å²) in [6.45, 7) is 2.33. The largest absolute Gasteiger partial charge is 0.493 e. The molecule has 0 aliphatic heterocycles. The standard InChI is InChI=1S/C14H17NO2/c1-11(16)12-3-2-4-13(9-12)17-10-14(5-6-14)7-8-15/h2-4,9,11,16H,5-7,10H2,1H3/t11-/m1/s1. The molecule has 0 bridgehead atoms. The van der Waals surface area contributed by atoms with Gasteiger partial charge in [-0.2, -0.15) is 5.26 Å². The highest BCUT2D eigenvalue weighted by atomic mass is 16.5. The van der Waals surface area contributed by atoms with E-state index in [1.54, 1.807) is 6.92 Å². The van der Waals surface area contributed by atoms with Gasteiger partial charge >= 0.3 is 0 Å². The normalized spacial score (nSPS) is 18.2. The zero-order valence-corrected chi connectivity index (χ0v) is 10.0. The molecule has 1 fully saturated rings. The van der Waals surface area contributed by atoms with Crippen molar-refractivity contribution in [1.82, 2.24) is 0 Å². The van der Waals surface area contributed by atoms with Gasteiger partial charge in [-0.1, -0.05) is 12.1 Å². The topological polar surface area (TPSA) is 53.2 Å². The summed E-state index contributed by atoms with van der Waals surface area (Å²) in [5.74, 6) is 0.771. The molecular formula is C14H17NO2. The molecule has 90 valence electrons. The van der Waals surface area contributed by atoms with E-state index < -0.39 is 6.10 Å². The van der Waals surface area contributed by atoms with Gasteiger partial charge in [0.1, 0.15) is 5.75 Å². The maximum atomic E-state index is 9.47. The van der Waals surface area contributed by atoms with Crippen LogP contribution in [0.25, 0.3) is 0 Å². The summed E-state index contributed by atoms with van der Waals surface area (Å²) in [7, 11) is 0. The van der Waals surface area contributed by atoms with Gasteiger partial charge in [0, 0.05) is 11.8 Å². The number of nitrogens with zero attached hydrogens (tertiary/aromatic N) is 1. The van der Waals surface area contributed by atoms with Gasteiger partial charge in [0.05, 0.1) is 18.8 Å². The summed E-state index contributed by atoms with van der Waals surface area (Å²) in [5, 5.41) is 18.2. The van der Waals surface area contributed by atoms with Crippen molar-refractivity contribution >= 4 is 0 Å². The van der Waals surface area contributed by atoms with Crippen molar-refractivity contribution in [3.63, 3.8) is 0 Å². The second kappa shape index (κ2) is 4.77. The minimum absolute atomic E-state index is 0.0928. The summed E-state index contributed by atoms with van der Waals surface area (Å²) in [6.07, 6.45) is 2.25. The predicted octanol–water partition coefficient (Wildman–Crippen LogP) is 2.81. The number of nitriles is 1. The lowest BCUT2D eigenvalue weighted by Crippen LogP contribution is -2.12. The molecule has 0 aromatic heterocycles. The minimum atomic E-state index is -0.479. The van der Waals surface area contributed by atoms with E-state index in [0.29, 0.717) is 13.0 Å². The number of aliphatic hydroxyl groups is 1. The molecule has 3 nitrogen and oxygen atoms in total. The molecule has 17 heavy (non-hydrogen) atoms. The van der Waals surface area contributed by atoms with Crippen molar-refractivity contribution in [3.05, 3.63) is 29.8 Å². The summed E-state index contributed by atoms with van der Waals surface area (Å²) in [5.41, 5.74) is 0.947. The lowest BCUT2D eigenvalue weighted by Gasteiger charge is -2.14. The monoisotopic (exact) mass is 231 g/mol. The van der Waals surface area contributed by atoms with Crippen LogP contribution < -0.4 is 4.74 Å². The summed E-state index contributed by atoms with van der Waals surface area (Å²) >= 11 is 0. The van der Waals surface area contributed by atoms with E-state index in [4.69, 9.17) is 10.00 Å². The highest BCUT2D eigenvalue weighted by molar-refractivity contribution is 5.29. The number of ether oxygens (including phenoxy) is 1. The third-order valence-electron chi connectivity index (χ3n) is 3.30. The number of aliphatic hydroxyl groups excluding tert-OH is 1. The van der Waals surface area contributed by atoms with Crippen molar-refractivity contribution in [1.29, 1.82) is 5.26 Å². The maximum absolute atomic E-state index is 9.47. The van der Waals surface area contributed by atoms with Crippen LogP contribution in [0.5, 0.6) is 5.75 Å². The molecule has 1 aliphatic rings. The van der Waals surface area contributed by atoms with Crippen molar-refractivity contribution in [2.24, 2.45) is 5.41 Å². The zero-order chi connectivity index (χ0) is 12.3. The molecule has 1 aliphatic carbocycles. The van der Waals surface area contributed by atoms with Crippen LogP contribution in [0.3, 0.4) is 0 Å². The fourth-order valence-corrected chi connectivity index (χ4v) is 1.82. The Labute approximate surface area is 102 Å². The Hall–Kier alpha value is -1.53. The highest BCUT2D eigenvalue weighted by Gasteiger charge is 2.43. The first-order chi connectivity index (χ1) is 8.15. The molecule has 0 saturated heterocycles. The molecule has 2 rings (SSSR count). The number of hydrogen-bond acceptors (Lipinski definition) is 3. The van der Waals surface area contributed by atoms with Crippen LogP contribution in [0.1, 0.15) is 37.9 Å². The molecule has 3 heteroatoms. The first kappa shape index (κ1) is 11.9. The summed E-state index contributed by atoms with van der Waals surface area (Å²) in [4.78, 5) is 0. The van der Waals surface area contributed by atoms with E-state index in [2.05, 4.69) is 6.07 Å². The van der Waals surface area contributed by atoms with Crippen molar-refractivity contribution in [2.45, 2.75) is 32.3 Å². The molecule has 1 aromatic rings. The Morgan fingerprint density at radius 1 is 1.53 bits per heavy atom. The molecule has 0 radical (unpaired) electrons. The average Bonchev–Trinajstić information content (AvgIpc) is 3.08. The summed E-state index contributed by atoms with van der Waals surface area (Å²) in [6, 6.07) is 9.70. The second-order valence-electron chi connectivity index (χ2n) is 4.87. The van der Waals surface area contributed by atoms with Gasteiger partial charge in [-0.25, -0.2) is 0 Å². The van der Waals surface area contributed by atoms with Crippen LogP contribution in [0.4, 0.5) is 0 Å². The Balaban J connectivity index is 1.95. The van der Waals surface area contributed by atoms with E-state index in [1.807, 2.05) is 24.3 Å². The van der Waals surface area contributed by atoms with E-state index in [9.17, 15) is 5.11 Å². The molecule has 1 aromatic carbocycles. The highest BCUT2D eigenvalue weighted by Crippen LogP contribution is 2.48. The fraction of sp³-hybridized carbons (Fsp3) is 0.500. The summed E-state index contributed by atoms with van der Waals surface area (Å²) < 4.78 is 5.71. The molecule has 0 heterocycles. The van der Waals surface area contributed by atoms with Gasteiger partial charge in [-0.15, -0.1) is 0 Å². The molecule has 1 saturated carbocycles. The van der Waals surface area contributed by atoms with E-state index >= 15 is 0 Å². The van der Waals surface area contributed by atoms with E-state index in [1.165, 1.54) is 0 Å². The lowest BCUT2D eigenvalue weighted by atomic mass is 10.1. The first-order valence-electron chi connectivity index (χ1n) is 5.93. The Morgan fingerprint density at radius 3 is 2.88 bits per heavy atom. The number of rotatable bonds is 5. The van der Waals surface area contributed by atoms with Crippen LogP contribution in [0, 0.1) is 16.7 Å². The van der Waals surface area contributed by atoms with Crippen LogP contribution >= 0.6 is 0 Å². The second-order valence-corrected chi connectivity index (χ2v) is 4.87. The van der Waals surface area contributed by atoms with Gasteiger partial charge in [-0.3, -0.25) is 0 Å². The quantitative estimate of drug-likeness (QED) is 0.847. The molecule has 0 spiro atoms. The van der Waals surface area contributed by atoms with E-state index in [0.717, 1.165) is 24.2 Å². The predicted molar refractivity (Wildman–Crippen MR) is 64.5 cm³/mol. The Bertz CT molecular complexity index is 430. The van der Waals surface area contributed by atoms with Crippen molar-refractivity contribution in [2.75, 3.05) is 6.61 Å². The third kappa shape index (κ3) is 2.98. The molecule has 1 atom stereocenters. The fourth-order valence-electron chi connectivity index (χ4n) is 1.82.